The smallest absolute Gasteiger partial charge is 0.257 e. The standard InChI is InChI=1S/C13H13ClN3O2.2ClH/c14-13-2-1-5-17(9-13)11-19-10-16-6-3-12(4-7-16)8-15-18;;/h1-9H,10-11H2;2*1H/q+1;;/p-1. The Morgan fingerprint density at radius 2 is 1.76 bits per heavy atom. The van der Waals surface area contributed by atoms with Crippen molar-refractivity contribution in [1.82, 2.24) is 0 Å². The van der Waals surface area contributed by atoms with Crippen LogP contribution in [0.1, 0.15) is 5.56 Å². The molecule has 0 aliphatic carbocycles. The Bertz CT molecular complexity index is 565. The van der Waals surface area contributed by atoms with Crippen LogP contribution < -0.4 is 33.9 Å². The van der Waals surface area contributed by atoms with Crippen LogP contribution in [0.2, 0.25) is 5.02 Å². The highest BCUT2D eigenvalue weighted by atomic mass is 35.5. The molecular weight excluding hydrogens is 337 g/mol. The lowest BCUT2D eigenvalue weighted by Crippen LogP contribution is -3.00. The van der Waals surface area contributed by atoms with Crippen LogP contribution in [0.15, 0.2) is 54.2 Å². The van der Waals surface area contributed by atoms with E-state index in [2.05, 4.69) is 5.16 Å². The van der Waals surface area contributed by atoms with Crippen LogP contribution in [0.4, 0.5) is 0 Å². The molecule has 0 amide bonds. The van der Waals surface area contributed by atoms with E-state index in [1.807, 2.05) is 52.0 Å². The van der Waals surface area contributed by atoms with Gasteiger partial charge in [-0.15, -0.1) is 0 Å². The van der Waals surface area contributed by atoms with Gasteiger partial charge in [0.2, 0.25) is 0 Å². The third kappa shape index (κ3) is 6.73. The van der Waals surface area contributed by atoms with Crippen molar-refractivity contribution in [1.29, 1.82) is 0 Å². The van der Waals surface area contributed by atoms with Gasteiger partial charge in [0.05, 0.1) is 6.21 Å². The van der Waals surface area contributed by atoms with Gasteiger partial charge in [-0.25, -0.2) is 0 Å². The second-order valence-electron chi connectivity index (χ2n) is 3.89. The Hall–Kier alpha value is -1.40. The molecule has 2 rings (SSSR count). The van der Waals surface area contributed by atoms with Gasteiger partial charge in [0.15, 0.2) is 24.8 Å². The number of halogens is 3. The fraction of sp³-hybridized carbons (Fsp3) is 0.154. The van der Waals surface area contributed by atoms with Crippen molar-refractivity contribution in [3.63, 3.8) is 0 Å². The predicted octanol–water partition coefficient (Wildman–Crippen LogP) is -4.64. The highest BCUT2D eigenvalue weighted by molar-refractivity contribution is 6.30. The third-order valence-electron chi connectivity index (χ3n) is 2.43. The van der Waals surface area contributed by atoms with Crippen LogP contribution in [-0.2, 0) is 18.2 Å². The molecule has 1 N–H and O–H groups in total. The molecule has 8 heteroatoms. The second-order valence-corrected chi connectivity index (χ2v) is 4.33. The fourth-order valence-corrected chi connectivity index (χ4v) is 1.73. The largest absolute Gasteiger partial charge is 1.00 e. The Balaban J connectivity index is 0.00000200. The number of rotatable bonds is 5. The van der Waals surface area contributed by atoms with Gasteiger partial charge in [-0.2, -0.15) is 9.13 Å². The summed E-state index contributed by atoms with van der Waals surface area (Å²) in [7, 11) is 0. The molecule has 5 nitrogen and oxygen atoms in total. The van der Waals surface area contributed by atoms with Crippen molar-refractivity contribution < 1.29 is 43.9 Å². The lowest BCUT2D eigenvalue weighted by molar-refractivity contribution is -0.788. The summed E-state index contributed by atoms with van der Waals surface area (Å²) in [6.45, 7) is 0.851. The fourth-order valence-electron chi connectivity index (χ4n) is 1.53. The summed E-state index contributed by atoms with van der Waals surface area (Å²) in [6.07, 6.45) is 8.75. The topological polar surface area (TPSA) is 49.6 Å². The van der Waals surface area contributed by atoms with Crippen LogP contribution in [0.25, 0.3) is 0 Å². The zero-order valence-electron chi connectivity index (χ0n) is 10.9. The summed E-state index contributed by atoms with van der Waals surface area (Å²) in [5, 5.41) is 12.0. The minimum absolute atomic E-state index is 0. The first-order valence-corrected chi connectivity index (χ1v) is 6.04. The Morgan fingerprint density at radius 1 is 1.10 bits per heavy atom. The quantitative estimate of drug-likeness (QED) is 0.255. The highest BCUT2D eigenvalue weighted by Crippen LogP contribution is 2.01. The highest BCUT2D eigenvalue weighted by Gasteiger charge is 2.04. The number of nitrogens with zero attached hydrogens (tertiary/aromatic N) is 3. The number of hydrogen-bond donors (Lipinski definition) is 1. The van der Waals surface area contributed by atoms with Crippen molar-refractivity contribution in [2.75, 3.05) is 0 Å². The van der Waals surface area contributed by atoms with Crippen molar-refractivity contribution in [2.45, 2.75) is 13.5 Å². The van der Waals surface area contributed by atoms with Crippen LogP contribution in [0.3, 0.4) is 0 Å². The Morgan fingerprint density at radius 3 is 2.38 bits per heavy atom. The predicted molar refractivity (Wildman–Crippen MR) is 68.7 cm³/mol. The van der Waals surface area contributed by atoms with Crippen molar-refractivity contribution in [3.05, 3.63) is 59.6 Å². The molecule has 114 valence electrons. The molecule has 0 saturated heterocycles. The summed E-state index contributed by atoms with van der Waals surface area (Å²) in [4.78, 5) is 0. The Kier molecular flexibility index (Phi) is 9.65. The molecule has 0 aromatic carbocycles. The normalized spacial score (nSPS) is 9.95. The molecule has 0 radical (unpaired) electrons. The van der Waals surface area contributed by atoms with E-state index in [0.717, 1.165) is 5.56 Å². The van der Waals surface area contributed by atoms with E-state index in [1.54, 1.807) is 6.20 Å². The number of pyridine rings is 2. The molecule has 0 spiro atoms. The van der Waals surface area contributed by atoms with E-state index in [0.29, 0.717) is 18.5 Å². The molecule has 0 aliphatic heterocycles. The number of aromatic nitrogens is 2. The van der Waals surface area contributed by atoms with Gasteiger partial charge in [0.25, 0.3) is 13.5 Å². The maximum absolute atomic E-state index is 8.40. The first-order valence-electron chi connectivity index (χ1n) is 5.67. The van der Waals surface area contributed by atoms with E-state index < -0.39 is 0 Å². The van der Waals surface area contributed by atoms with Gasteiger partial charge >= 0.3 is 0 Å². The molecule has 0 saturated carbocycles. The molecule has 21 heavy (non-hydrogen) atoms. The zero-order chi connectivity index (χ0) is 13.5. The van der Waals surface area contributed by atoms with Crippen LogP contribution in [0.5, 0.6) is 0 Å². The maximum Gasteiger partial charge on any atom is 0.257 e. The van der Waals surface area contributed by atoms with Crippen molar-refractivity contribution in [2.24, 2.45) is 5.16 Å². The van der Waals surface area contributed by atoms with Gasteiger partial charge < -0.3 is 30.0 Å². The number of oxime groups is 1. The molecule has 0 fully saturated rings. The summed E-state index contributed by atoms with van der Waals surface area (Å²) >= 11 is 5.87. The molecule has 2 aromatic heterocycles. The average molecular weight is 351 g/mol. The van der Waals surface area contributed by atoms with Crippen LogP contribution in [0, 0.1) is 0 Å². The van der Waals surface area contributed by atoms with Crippen molar-refractivity contribution in [3.8, 4) is 0 Å². The van der Waals surface area contributed by atoms with E-state index >= 15 is 0 Å². The van der Waals surface area contributed by atoms with Gasteiger partial charge in [-0.05, 0) is 6.07 Å². The second kappa shape index (κ2) is 10.3. The van der Waals surface area contributed by atoms with Crippen LogP contribution >= 0.6 is 11.6 Å². The summed E-state index contributed by atoms with van der Waals surface area (Å²) in [6, 6.07) is 7.33. The van der Waals surface area contributed by atoms with E-state index in [-0.39, 0.29) is 24.8 Å². The maximum atomic E-state index is 8.40. The molecule has 2 aromatic rings. The first kappa shape index (κ1) is 19.6. The minimum atomic E-state index is 0. The zero-order valence-corrected chi connectivity index (χ0v) is 13.2. The van der Waals surface area contributed by atoms with Crippen molar-refractivity contribution >= 4 is 17.8 Å². The molecule has 0 atom stereocenters. The summed E-state index contributed by atoms with van der Waals surface area (Å²) in [5.41, 5.74) is 0.822. The van der Waals surface area contributed by atoms with Gasteiger partial charge in [0.1, 0.15) is 5.02 Å². The first-order chi connectivity index (χ1) is 9.28. The monoisotopic (exact) mass is 349 g/mol. The van der Waals surface area contributed by atoms with E-state index in [4.69, 9.17) is 21.5 Å². The van der Waals surface area contributed by atoms with Gasteiger partial charge in [0, 0.05) is 23.8 Å². The average Bonchev–Trinajstić information content (AvgIpc) is 2.41. The molecule has 0 aliphatic rings. The third-order valence-corrected chi connectivity index (χ3v) is 2.65. The van der Waals surface area contributed by atoms with E-state index in [9.17, 15) is 0 Å². The van der Waals surface area contributed by atoms with E-state index in [1.165, 1.54) is 6.21 Å². The molecule has 0 bridgehead atoms. The molecule has 2 heterocycles. The lowest BCUT2D eigenvalue weighted by Gasteiger charge is -1.98. The lowest BCUT2D eigenvalue weighted by atomic mass is 10.3. The van der Waals surface area contributed by atoms with Gasteiger partial charge in [-0.1, -0.05) is 16.8 Å². The number of hydrogen-bond acceptors (Lipinski definition) is 3. The summed E-state index contributed by atoms with van der Waals surface area (Å²) in [5.74, 6) is 0. The Labute approximate surface area is 140 Å². The van der Waals surface area contributed by atoms with Gasteiger partial charge in [-0.3, -0.25) is 4.74 Å². The molecular formula is C13H14Cl3N3O2. The minimum Gasteiger partial charge on any atom is -1.00 e. The summed E-state index contributed by atoms with van der Waals surface area (Å²) < 4.78 is 9.28. The molecule has 0 unspecified atom stereocenters. The SMILES string of the molecule is O/N=C\c1cc[n+](COC[n+]2cccc(Cl)c2)cc1.[Cl-].[Cl-]. The van der Waals surface area contributed by atoms with Crippen LogP contribution in [-0.4, -0.2) is 11.4 Å². The number of ether oxygens (including phenoxy) is 1.